The second-order valence-electron chi connectivity index (χ2n) is 6.45. The Labute approximate surface area is 169 Å². The van der Waals surface area contributed by atoms with Gasteiger partial charge in [0.1, 0.15) is 5.75 Å². The molecule has 4 aromatic rings. The zero-order valence-electron chi connectivity index (χ0n) is 15.7. The minimum Gasteiger partial charge on any atom is -0.483 e. The van der Waals surface area contributed by atoms with Gasteiger partial charge < -0.3 is 18.8 Å². The third-order valence-electron chi connectivity index (χ3n) is 4.51. The standard InChI is InChI=1S/C20H17ClN4O4/c1-3-25-15-6-4-12(9-14(15)22-19(26)20(25)27)18-23-17(29-24-18)10-28-16-7-5-13(21)8-11(16)2/h4-9H,3,10H2,1-2H3,(H,22,26). The van der Waals surface area contributed by atoms with Gasteiger partial charge in [-0.05, 0) is 55.8 Å². The van der Waals surface area contributed by atoms with Crippen LogP contribution in [0.4, 0.5) is 0 Å². The third-order valence-corrected chi connectivity index (χ3v) is 4.74. The maximum Gasteiger partial charge on any atom is 0.316 e. The number of rotatable bonds is 5. The number of ether oxygens (including phenoxy) is 1. The summed E-state index contributed by atoms with van der Waals surface area (Å²) in [6.45, 7) is 4.20. The van der Waals surface area contributed by atoms with Crippen LogP contribution in [-0.2, 0) is 13.2 Å². The first kappa shape index (κ1) is 18.9. The van der Waals surface area contributed by atoms with E-state index in [2.05, 4.69) is 15.1 Å². The lowest BCUT2D eigenvalue weighted by atomic mass is 10.2. The summed E-state index contributed by atoms with van der Waals surface area (Å²) in [6, 6.07) is 10.6. The van der Waals surface area contributed by atoms with E-state index in [1.807, 2.05) is 19.9 Å². The number of hydrogen-bond acceptors (Lipinski definition) is 6. The minimum atomic E-state index is -0.669. The highest BCUT2D eigenvalue weighted by Crippen LogP contribution is 2.24. The fourth-order valence-corrected chi connectivity index (χ4v) is 3.30. The molecule has 4 rings (SSSR count). The van der Waals surface area contributed by atoms with E-state index >= 15 is 0 Å². The number of nitrogens with zero attached hydrogens (tertiary/aromatic N) is 3. The van der Waals surface area contributed by atoms with Crippen molar-refractivity contribution in [3.8, 4) is 17.1 Å². The van der Waals surface area contributed by atoms with E-state index in [1.54, 1.807) is 30.3 Å². The maximum atomic E-state index is 12.0. The van der Waals surface area contributed by atoms with Crippen molar-refractivity contribution in [1.29, 1.82) is 0 Å². The molecule has 0 aliphatic heterocycles. The summed E-state index contributed by atoms with van der Waals surface area (Å²) >= 11 is 5.95. The highest BCUT2D eigenvalue weighted by Gasteiger charge is 2.13. The van der Waals surface area contributed by atoms with Crippen LogP contribution in [0, 0.1) is 6.92 Å². The predicted molar refractivity (Wildman–Crippen MR) is 108 cm³/mol. The number of nitrogens with one attached hydrogen (secondary N) is 1. The van der Waals surface area contributed by atoms with Gasteiger partial charge in [0.15, 0.2) is 6.61 Å². The first-order valence-corrected chi connectivity index (χ1v) is 9.33. The van der Waals surface area contributed by atoms with E-state index in [4.69, 9.17) is 20.9 Å². The molecule has 0 unspecified atom stereocenters. The molecule has 0 spiro atoms. The van der Waals surface area contributed by atoms with Crippen LogP contribution in [0.1, 0.15) is 18.4 Å². The van der Waals surface area contributed by atoms with Crippen LogP contribution in [0.25, 0.3) is 22.4 Å². The molecule has 2 aromatic heterocycles. The Hall–Kier alpha value is -3.39. The van der Waals surface area contributed by atoms with Gasteiger partial charge in [0, 0.05) is 17.1 Å². The zero-order chi connectivity index (χ0) is 20.5. The molecule has 0 atom stereocenters. The van der Waals surface area contributed by atoms with Crippen molar-refractivity contribution in [2.45, 2.75) is 27.0 Å². The van der Waals surface area contributed by atoms with Gasteiger partial charge in [-0.15, -0.1) is 0 Å². The van der Waals surface area contributed by atoms with E-state index in [-0.39, 0.29) is 6.61 Å². The summed E-state index contributed by atoms with van der Waals surface area (Å²) in [7, 11) is 0. The molecule has 0 saturated carbocycles. The maximum absolute atomic E-state index is 12.0. The van der Waals surface area contributed by atoms with E-state index < -0.39 is 11.1 Å². The first-order chi connectivity index (χ1) is 14.0. The minimum absolute atomic E-state index is 0.106. The predicted octanol–water partition coefficient (Wildman–Crippen LogP) is 3.30. The van der Waals surface area contributed by atoms with Crippen LogP contribution in [0.5, 0.6) is 5.75 Å². The zero-order valence-corrected chi connectivity index (χ0v) is 16.5. The Morgan fingerprint density at radius 3 is 2.79 bits per heavy atom. The van der Waals surface area contributed by atoms with Gasteiger partial charge in [-0.2, -0.15) is 4.98 Å². The third kappa shape index (κ3) is 3.66. The molecule has 0 bridgehead atoms. The number of halogens is 1. The molecule has 0 amide bonds. The van der Waals surface area contributed by atoms with Crippen LogP contribution in [-0.4, -0.2) is 19.7 Å². The van der Waals surface area contributed by atoms with E-state index in [9.17, 15) is 9.59 Å². The SMILES string of the molecule is CCn1c(=O)c(=O)[nH]c2cc(-c3noc(COc4ccc(Cl)cc4C)n3)ccc21. The van der Waals surface area contributed by atoms with Gasteiger partial charge >= 0.3 is 11.1 Å². The van der Waals surface area contributed by atoms with Crippen LogP contribution >= 0.6 is 11.6 Å². The molecule has 29 heavy (non-hydrogen) atoms. The summed E-state index contributed by atoms with van der Waals surface area (Å²) in [4.78, 5) is 30.8. The number of H-pyrrole nitrogens is 1. The van der Waals surface area contributed by atoms with Gasteiger partial charge in [-0.25, -0.2) is 0 Å². The lowest BCUT2D eigenvalue weighted by molar-refractivity contribution is 0.242. The van der Waals surface area contributed by atoms with Gasteiger partial charge in [-0.3, -0.25) is 9.59 Å². The first-order valence-electron chi connectivity index (χ1n) is 8.95. The second kappa shape index (κ2) is 7.56. The Morgan fingerprint density at radius 1 is 1.21 bits per heavy atom. The summed E-state index contributed by atoms with van der Waals surface area (Å²) < 4.78 is 12.4. The normalized spacial score (nSPS) is 11.1. The number of fused-ring (bicyclic) bond motifs is 1. The Balaban J connectivity index is 1.60. The van der Waals surface area contributed by atoms with Gasteiger partial charge in [-0.1, -0.05) is 16.8 Å². The molecular weight excluding hydrogens is 396 g/mol. The summed E-state index contributed by atoms with van der Waals surface area (Å²) in [6.07, 6.45) is 0. The molecule has 8 nitrogen and oxygen atoms in total. The molecule has 0 saturated heterocycles. The fourth-order valence-electron chi connectivity index (χ4n) is 3.08. The van der Waals surface area contributed by atoms with E-state index in [0.29, 0.717) is 45.6 Å². The van der Waals surface area contributed by atoms with Crippen LogP contribution in [0.3, 0.4) is 0 Å². The number of aryl methyl sites for hydroxylation is 2. The fraction of sp³-hybridized carbons (Fsp3) is 0.200. The van der Waals surface area contributed by atoms with Crippen molar-refractivity contribution in [3.63, 3.8) is 0 Å². The Bertz CT molecular complexity index is 1320. The van der Waals surface area contributed by atoms with Crippen molar-refractivity contribution >= 4 is 22.6 Å². The van der Waals surface area contributed by atoms with Crippen LogP contribution in [0.15, 0.2) is 50.5 Å². The molecule has 0 fully saturated rings. The topological polar surface area (TPSA) is 103 Å². The average molecular weight is 413 g/mol. The summed E-state index contributed by atoms with van der Waals surface area (Å²) in [5.41, 5.74) is 1.45. The Morgan fingerprint density at radius 2 is 2.03 bits per heavy atom. The van der Waals surface area contributed by atoms with Crippen molar-refractivity contribution in [2.24, 2.45) is 0 Å². The van der Waals surface area contributed by atoms with E-state index in [0.717, 1.165) is 5.56 Å². The average Bonchev–Trinajstić information content (AvgIpc) is 3.17. The van der Waals surface area contributed by atoms with Crippen molar-refractivity contribution < 1.29 is 9.26 Å². The van der Waals surface area contributed by atoms with Gasteiger partial charge in [0.25, 0.3) is 5.89 Å². The molecule has 0 aliphatic carbocycles. The van der Waals surface area contributed by atoms with E-state index in [1.165, 1.54) is 4.57 Å². The second-order valence-corrected chi connectivity index (χ2v) is 6.88. The number of aromatic amines is 1. The molecule has 9 heteroatoms. The quantitative estimate of drug-likeness (QED) is 0.504. The summed E-state index contributed by atoms with van der Waals surface area (Å²) in [5, 5.41) is 4.61. The lowest BCUT2D eigenvalue weighted by Crippen LogP contribution is -2.35. The number of aromatic nitrogens is 4. The molecule has 0 radical (unpaired) electrons. The highest BCUT2D eigenvalue weighted by atomic mass is 35.5. The molecule has 2 heterocycles. The molecular formula is C20H17ClN4O4. The van der Waals surface area contributed by atoms with Crippen LogP contribution < -0.4 is 15.9 Å². The van der Waals surface area contributed by atoms with Crippen molar-refractivity contribution in [1.82, 2.24) is 19.7 Å². The largest absolute Gasteiger partial charge is 0.483 e. The number of benzene rings is 2. The Kier molecular flexibility index (Phi) is 4.94. The molecule has 2 aromatic carbocycles. The van der Waals surface area contributed by atoms with Gasteiger partial charge in [0.05, 0.1) is 11.0 Å². The van der Waals surface area contributed by atoms with Crippen molar-refractivity contribution in [3.05, 3.63) is 73.6 Å². The smallest absolute Gasteiger partial charge is 0.316 e. The van der Waals surface area contributed by atoms with Gasteiger partial charge in [0.2, 0.25) is 5.82 Å². The van der Waals surface area contributed by atoms with Crippen molar-refractivity contribution in [2.75, 3.05) is 0 Å². The molecule has 1 N–H and O–H groups in total. The summed E-state index contributed by atoms with van der Waals surface area (Å²) in [5.74, 6) is 1.34. The molecule has 0 aliphatic rings. The number of hydrogen-bond donors (Lipinski definition) is 1. The highest BCUT2D eigenvalue weighted by molar-refractivity contribution is 6.30. The lowest BCUT2D eigenvalue weighted by Gasteiger charge is -2.07. The van der Waals surface area contributed by atoms with Crippen LogP contribution in [0.2, 0.25) is 5.02 Å². The molecule has 148 valence electrons. The monoisotopic (exact) mass is 412 g/mol.